The van der Waals surface area contributed by atoms with Crippen molar-refractivity contribution in [2.24, 2.45) is 0 Å². The Bertz CT molecular complexity index is 1850. The molecule has 0 saturated heterocycles. The van der Waals surface area contributed by atoms with E-state index in [1.54, 1.807) is 18.7 Å². The van der Waals surface area contributed by atoms with Gasteiger partial charge in [-0.25, -0.2) is 9.59 Å². The van der Waals surface area contributed by atoms with Gasteiger partial charge in [-0.3, -0.25) is 9.59 Å². The van der Waals surface area contributed by atoms with E-state index in [0.717, 1.165) is 39.1 Å². The van der Waals surface area contributed by atoms with Crippen molar-refractivity contribution in [2.75, 3.05) is 4.90 Å². The average Bonchev–Trinajstić information content (AvgIpc) is 3.22. The van der Waals surface area contributed by atoms with Gasteiger partial charge in [-0.05, 0) is 86.9 Å². The van der Waals surface area contributed by atoms with Gasteiger partial charge < -0.3 is 30.3 Å². The molecule has 0 aromatic heterocycles. The van der Waals surface area contributed by atoms with Crippen LogP contribution < -0.4 is 20.9 Å². The SMILES string of the molecule is CC(C)(C)OC(=O)NCc1ccccc1-c1ccc(CN2C(=O)[C@H](NC(=O)C(C)(C)NC(=O)OCc3ccccc3)CCc3ccccc32)cc1. The lowest BCUT2D eigenvalue weighted by Crippen LogP contribution is -2.59. The summed E-state index contributed by atoms with van der Waals surface area (Å²) in [5.41, 5.74) is 4.47. The minimum absolute atomic E-state index is 0.0670. The summed E-state index contributed by atoms with van der Waals surface area (Å²) in [5, 5.41) is 8.38. The molecule has 1 heterocycles. The normalized spacial score (nSPS) is 14.5. The lowest BCUT2D eigenvalue weighted by molar-refractivity contribution is -0.131. The molecule has 3 N–H and O–H groups in total. The highest BCUT2D eigenvalue weighted by Crippen LogP contribution is 2.30. The summed E-state index contributed by atoms with van der Waals surface area (Å²) in [6, 6.07) is 32.0. The minimum atomic E-state index is -1.34. The Morgan fingerprint density at radius 2 is 1.45 bits per heavy atom. The van der Waals surface area contributed by atoms with Crippen LogP contribution in [0.4, 0.5) is 15.3 Å². The molecule has 0 aliphatic carbocycles. The largest absolute Gasteiger partial charge is 0.445 e. The predicted molar refractivity (Wildman–Crippen MR) is 197 cm³/mol. The molecule has 10 nitrogen and oxygen atoms in total. The lowest BCUT2D eigenvalue weighted by atomic mass is 9.98. The van der Waals surface area contributed by atoms with Crippen molar-refractivity contribution < 1.29 is 28.7 Å². The second-order valence-corrected chi connectivity index (χ2v) is 14.1. The van der Waals surface area contributed by atoms with E-state index in [0.29, 0.717) is 19.4 Å². The van der Waals surface area contributed by atoms with Gasteiger partial charge >= 0.3 is 12.2 Å². The Kier molecular flexibility index (Phi) is 11.4. The zero-order valence-electron chi connectivity index (χ0n) is 29.8. The number of fused-ring (bicyclic) bond motifs is 1. The second-order valence-electron chi connectivity index (χ2n) is 14.1. The summed E-state index contributed by atoms with van der Waals surface area (Å²) >= 11 is 0. The van der Waals surface area contributed by atoms with Crippen LogP contribution in [0.2, 0.25) is 0 Å². The lowest BCUT2D eigenvalue weighted by Gasteiger charge is -2.30. The highest BCUT2D eigenvalue weighted by molar-refractivity contribution is 6.01. The van der Waals surface area contributed by atoms with Crippen LogP contribution in [0.3, 0.4) is 0 Å². The van der Waals surface area contributed by atoms with Crippen LogP contribution in [-0.4, -0.2) is 41.2 Å². The molecule has 5 rings (SSSR count). The van der Waals surface area contributed by atoms with Crippen molar-refractivity contribution >= 4 is 29.7 Å². The number of alkyl carbamates (subject to hydrolysis) is 2. The van der Waals surface area contributed by atoms with Gasteiger partial charge in [-0.2, -0.15) is 0 Å². The van der Waals surface area contributed by atoms with Crippen LogP contribution in [0, 0.1) is 0 Å². The molecule has 4 amide bonds. The molecule has 0 fully saturated rings. The van der Waals surface area contributed by atoms with Crippen molar-refractivity contribution in [1.82, 2.24) is 16.0 Å². The van der Waals surface area contributed by atoms with Gasteiger partial charge in [0.05, 0.1) is 6.54 Å². The number of benzene rings is 4. The monoisotopic (exact) mass is 690 g/mol. The number of hydrogen-bond donors (Lipinski definition) is 3. The maximum atomic E-state index is 14.2. The zero-order chi connectivity index (χ0) is 36.6. The van der Waals surface area contributed by atoms with E-state index in [-0.39, 0.29) is 19.1 Å². The maximum absolute atomic E-state index is 14.2. The number of anilines is 1. The molecule has 1 aliphatic rings. The molecule has 51 heavy (non-hydrogen) atoms. The van der Waals surface area contributed by atoms with E-state index in [9.17, 15) is 19.2 Å². The van der Waals surface area contributed by atoms with Crippen molar-refractivity contribution in [3.63, 3.8) is 0 Å². The Hall–Kier alpha value is -5.64. The number of aryl methyl sites for hydroxylation is 1. The molecule has 0 bridgehead atoms. The number of para-hydroxylation sites is 1. The Labute approximate surface area is 299 Å². The van der Waals surface area contributed by atoms with Crippen LogP contribution in [0.5, 0.6) is 0 Å². The quantitative estimate of drug-likeness (QED) is 0.164. The number of nitrogens with one attached hydrogen (secondary N) is 3. The van der Waals surface area contributed by atoms with Crippen molar-refractivity contribution in [3.8, 4) is 11.1 Å². The summed E-state index contributed by atoms with van der Waals surface area (Å²) in [6.07, 6.45) is -0.223. The molecule has 10 heteroatoms. The molecule has 0 spiro atoms. The molecular weight excluding hydrogens is 644 g/mol. The van der Waals surface area contributed by atoms with Gasteiger partial charge in [-0.1, -0.05) is 97.1 Å². The second kappa shape index (κ2) is 15.9. The first-order valence-electron chi connectivity index (χ1n) is 17.1. The van der Waals surface area contributed by atoms with Gasteiger partial charge in [0.1, 0.15) is 23.8 Å². The Balaban J connectivity index is 1.27. The highest BCUT2D eigenvalue weighted by atomic mass is 16.6. The summed E-state index contributed by atoms with van der Waals surface area (Å²) < 4.78 is 10.7. The fourth-order valence-corrected chi connectivity index (χ4v) is 5.83. The first-order valence-corrected chi connectivity index (χ1v) is 17.1. The molecule has 0 unspecified atom stereocenters. The van der Waals surface area contributed by atoms with E-state index < -0.39 is 35.3 Å². The molecule has 1 atom stereocenters. The highest BCUT2D eigenvalue weighted by Gasteiger charge is 2.36. The van der Waals surface area contributed by atoms with Crippen LogP contribution in [0.1, 0.15) is 63.3 Å². The average molecular weight is 691 g/mol. The zero-order valence-corrected chi connectivity index (χ0v) is 29.8. The Morgan fingerprint density at radius 1 is 0.784 bits per heavy atom. The van der Waals surface area contributed by atoms with Gasteiger partial charge in [0.15, 0.2) is 0 Å². The summed E-state index contributed by atoms with van der Waals surface area (Å²) in [6.45, 7) is 9.28. The smallest absolute Gasteiger partial charge is 0.408 e. The van der Waals surface area contributed by atoms with Gasteiger partial charge in [0.25, 0.3) is 0 Å². The van der Waals surface area contributed by atoms with Crippen LogP contribution in [0.15, 0.2) is 103 Å². The van der Waals surface area contributed by atoms with Crippen LogP contribution in [-0.2, 0) is 45.2 Å². The van der Waals surface area contributed by atoms with E-state index >= 15 is 0 Å². The summed E-state index contributed by atoms with van der Waals surface area (Å²) in [5.74, 6) is -0.731. The number of carbonyl (C=O) groups is 4. The topological polar surface area (TPSA) is 126 Å². The van der Waals surface area contributed by atoms with Crippen molar-refractivity contribution in [2.45, 2.75) is 84.3 Å². The number of rotatable bonds is 10. The molecule has 1 aliphatic heterocycles. The first-order chi connectivity index (χ1) is 24.3. The summed E-state index contributed by atoms with van der Waals surface area (Å²) in [4.78, 5) is 54.2. The van der Waals surface area contributed by atoms with E-state index in [1.807, 2.05) is 124 Å². The summed E-state index contributed by atoms with van der Waals surface area (Å²) in [7, 11) is 0. The number of ether oxygens (including phenoxy) is 2. The Morgan fingerprint density at radius 3 is 2.18 bits per heavy atom. The van der Waals surface area contributed by atoms with E-state index in [1.165, 1.54) is 0 Å². The van der Waals surface area contributed by atoms with Gasteiger partial charge in [0, 0.05) is 12.2 Å². The van der Waals surface area contributed by atoms with E-state index in [4.69, 9.17) is 9.47 Å². The van der Waals surface area contributed by atoms with Crippen LogP contribution >= 0.6 is 0 Å². The molecule has 4 aromatic carbocycles. The standard InChI is InChI=1S/C41H46N4O6/c1-40(2,3)51-38(48)42-25-32-16-9-11-17-33(32)30-21-19-28(20-22-30)26-45-35-18-12-10-15-31(35)23-24-34(36(45)46)43-37(47)41(4,5)44-39(49)50-27-29-13-7-6-8-14-29/h6-22,34H,23-27H2,1-5H3,(H,42,48)(H,43,47)(H,44,49)/t34-/m1/s1. The fourth-order valence-electron chi connectivity index (χ4n) is 5.83. The fraction of sp³-hybridized carbons (Fsp3) is 0.317. The maximum Gasteiger partial charge on any atom is 0.408 e. The number of carbonyl (C=O) groups excluding carboxylic acids is 4. The first kappa shape index (κ1) is 36.6. The molecular formula is C41H46N4O6. The van der Waals surface area contributed by atoms with Crippen LogP contribution in [0.25, 0.3) is 11.1 Å². The molecule has 4 aromatic rings. The van der Waals surface area contributed by atoms with Crippen molar-refractivity contribution in [1.29, 1.82) is 0 Å². The minimum Gasteiger partial charge on any atom is -0.445 e. The van der Waals surface area contributed by atoms with Gasteiger partial charge in [-0.15, -0.1) is 0 Å². The van der Waals surface area contributed by atoms with Gasteiger partial charge in [0.2, 0.25) is 11.8 Å². The predicted octanol–water partition coefficient (Wildman–Crippen LogP) is 7.05. The third-order valence-electron chi connectivity index (χ3n) is 8.49. The van der Waals surface area contributed by atoms with Crippen molar-refractivity contribution in [3.05, 3.63) is 125 Å². The molecule has 0 radical (unpaired) electrons. The number of nitrogens with zero attached hydrogens (tertiary/aromatic N) is 1. The number of hydrogen-bond acceptors (Lipinski definition) is 6. The molecule has 0 saturated carbocycles. The third-order valence-corrected chi connectivity index (χ3v) is 8.49. The third kappa shape index (κ3) is 9.97. The van der Waals surface area contributed by atoms with E-state index in [2.05, 4.69) is 16.0 Å². The molecule has 266 valence electrons. The number of amides is 4.